The molecule has 2 aliphatic heterocycles. The molecule has 0 N–H and O–H groups in total. The fraction of sp³-hybridized carbons (Fsp3) is 0.619. The summed E-state index contributed by atoms with van der Waals surface area (Å²) in [5.74, 6) is 1.22. The van der Waals surface area contributed by atoms with Crippen LogP contribution in [0.4, 0.5) is 5.69 Å². The average molecular weight is 340 g/mol. The summed E-state index contributed by atoms with van der Waals surface area (Å²) >= 11 is 0. The topological polar surface area (TPSA) is 40.6 Å². The third kappa shape index (κ3) is 3.44. The third-order valence-electron chi connectivity index (χ3n) is 6.24. The van der Waals surface area contributed by atoms with Gasteiger partial charge in [-0.2, -0.15) is 0 Å². The smallest absolute Gasteiger partial charge is 0.227 e. The normalized spacial score (nSPS) is 24.5. The molecule has 3 aliphatic rings. The van der Waals surface area contributed by atoms with Crippen molar-refractivity contribution in [2.75, 3.05) is 18.0 Å². The van der Waals surface area contributed by atoms with Crippen molar-refractivity contribution >= 4 is 17.5 Å². The summed E-state index contributed by atoms with van der Waals surface area (Å²) in [5.41, 5.74) is 2.01. The molecule has 0 aromatic heterocycles. The molecule has 4 heteroatoms. The van der Waals surface area contributed by atoms with Gasteiger partial charge in [0.05, 0.1) is 6.42 Å². The number of likely N-dealkylation sites (tertiary alicyclic amines) is 1. The Labute approximate surface area is 150 Å². The Hall–Kier alpha value is -1.84. The van der Waals surface area contributed by atoms with E-state index in [-0.39, 0.29) is 11.8 Å². The Kier molecular flexibility index (Phi) is 4.78. The fourth-order valence-corrected chi connectivity index (χ4v) is 4.93. The second kappa shape index (κ2) is 7.19. The first-order chi connectivity index (χ1) is 12.2. The summed E-state index contributed by atoms with van der Waals surface area (Å²) in [7, 11) is 0. The van der Waals surface area contributed by atoms with Crippen LogP contribution >= 0.6 is 0 Å². The van der Waals surface area contributed by atoms with Gasteiger partial charge in [0.25, 0.3) is 0 Å². The quantitative estimate of drug-likeness (QED) is 0.841. The second-order valence-corrected chi connectivity index (χ2v) is 7.83. The van der Waals surface area contributed by atoms with E-state index in [9.17, 15) is 9.59 Å². The van der Waals surface area contributed by atoms with E-state index in [2.05, 4.69) is 4.90 Å². The molecule has 134 valence electrons. The largest absolute Gasteiger partial charge is 0.339 e. The van der Waals surface area contributed by atoms with Gasteiger partial charge in [-0.3, -0.25) is 9.59 Å². The minimum absolute atomic E-state index is 0.209. The molecule has 4 nitrogen and oxygen atoms in total. The Morgan fingerprint density at radius 2 is 1.72 bits per heavy atom. The lowest BCUT2D eigenvalue weighted by Crippen LogP contribution is -2.40. The summed E-state index contributed by atoms with van der Waals surface area (Å²) in [6.07, 6.45) is 9.68. The van der Waals surface area contributed by atoms with E-state index in [1.165, 1.54) is 32.1 Å². The molecule has 0 bridgehead atoms. The van der Waals surface area contributed by atoms with Crippen LogP contribution in [0.15, 0.2) is 24.3 Å². The summed E-state index contributed by atoms with van der Waals surface area (Å²) in [6.45, 7) is 1.74. The van der Waals surface area contributed by atoms with Crippen LogP contribution in [0.25, 0.3) is 0 Å². The van der Waals surface area contributed by atoms with Gasteiger partial charge < -0.3 is 9.80 Å². The molecule has 1 aromatic carbocycles. The second-order valence-electron chi connectivity index (χ2n) is 7.83. The molecule has 1 aliphatic carbocycles. The highest BCUT2D eigenvalue weighted by Crippen LogP contribution is 2.35. The van der Waals surface area contributed by atoms with Crippen molar-refractivity contribution in [2.45, 2.75) is 63.8 Å². The van der Waals surface area contributed by atoms with Gasteiger partial charge in [0.15, 0.2) is 0 Å². The zero-order chi connectivity index (χ0) is 17.2. The summed E-state index contributed by atoms with van der Waals surface area (Å²) in [5, 5.41) is 0. The van der Waals surface area contributed by atoms with E-state index < -0.39 is 0 Å². The van der Waals surface area contributed by atoms with Gasteiger partial charge in [-0.1, -0.05) is 25.0 Å². The molecule has 1 atom stereocenters. The third-order valence-corrected chi connectivity index (χ3v) is 6.24. The van der Waals surface area contributed by atoms with Crippen molar-refractivity contribution in [1.29, 1.82) is 0 Å². The predicted octanol–water partition coefficient (Wildman–Crippen LogP) is 3.54. The van der Waals surface area contributed by atoms with E-state index >= 15 is 0 Å². The van der Waals surface area contributed by atoms with E-state index in [0.29, 0.717) is 18.9 Å². The number of anilines is 1. The van der Waals surface area contributed by atoms with Crippen LogP contribution < -0.4 is 4.90 Å². The van der Waals surface area contributed by atoms with E-state index in [4.69, 9.17) is 0 Å². The molecule has 4 rings (SSSR count). The number of nitrogens with zero attached hydrogens (tertiary/aromatic N) is 2. The highest BCUT2D eigenvalue weighted by molar-refractivity contribution is 5.95. The molecule has 3 fully saturated rings. The number of rotatable bonds is 4. The molecule has 2 heterocycles. The molecule has 2 saturated heterocycles. The van der Waals surface area contributed by atoms with Crippen LogP contribution in [-0.4, -0.2) is 35.8 Å². The summed E-state index contributed by atoms with van der Waals surface area (Å²) in [6, 6.07) is 8.49. The van der Waals surface area contributed by atoms with Crippen molar-refractivity contribution in [3.05, 3.63) is 29.8 Å². The van der Waals surface area contributed by atoms with E-state index in [1.54, 1.807) is 0 Å². The van der Waals surface area contributed by atoms with E-state index in [1.807, 2.05) is 29.2 Å². The molecule has 0 spiro atoms. The van der Waals surface area contributed by atoms with Gasteiger partial charge in [0.1, 0.15) is 0 Å². The molecule has 0 radical (unpaired) electrons. The molecule has 1 unspecified atom stereocenters. The zero-order valence-electron chi connectivity index (χ0n) is 15.0. The Bertz CT molecular complexity index is 634. The molecule has 1 aromatic rings. The highest BCUT2D eigenvalue weighted by Gasteiger charge is 2.35. The van der Waals surface area contributed by atoms with Crippen molar-refractivity contribution < 1.29 is 9.59 Å². The van der Waals surface area contributed by atoms with E-state index in [0.717, 1.165) is 43.1 Å². The molecular formula is C21H28N2O2. The first kappa shape index (κ1) is 16.6. The first-order valence-electron chi connectivity index (χ1n) is 9.91. The van der Waals surface area contributed by atoms with Crippen LogP contribution in [0, 0.1) is 5.92 Å². The van der Waals surface area contributed by atoms with Crippen LogP contribution in [-0.2, 0) is 16.0 Å². The van der Waals surface area contributed by atoms with Gasteiger partial charge >= 0.3 is 0 Å². The minimum Gasteiger partial charge on any atom is -0.339 e. The van der Waals surface area contributed by atoms with Gasteiger partial charge in [0.2, 0.25) is 11.8 Å². The highest BCUT2D eigenvalue weighted by atomic mass is 16.2. The maximum Gasteiger partial charge on any atom is 0.227 e. The lowest BCUT2D eigenvalue weighted by Gasteiger charge is -2.29. The average Bonchev–Trinajstić information content (AvgIpc) is 3.36. The number of carbonyl (C=O) groups excluding carboxylic acids is 2. The number of hydrogen-bond acceptors (Lipinski definition) is 2. The molecule has 1 saturated carbocycles. The Morgan fingerprint density at radius 3 is 2.40 bits per heavy atom. The molecule has 2 amide bonds. The minimum atomic E-state index is 0.209. The lowest BCUT2D eigenvalue weighted by molar-refractivity contribution is -0.132. The van der Waals surface area contributed by atoms with Crippen LogP contribution in [0.1, 0.15) is 56.9 Å². The maximum absolute atomic E-state index is 12.8. The summed E-state index contributed by atoms with van der Waals surface area (Å²) in [4.78, 5) is 28.7. The van der Waals surface area contributed by atoms with Gasteiger partial charge in [0, 0.05) is 31.2 Å². The first-order valence-corrected chi connectivity index (χ1v) is 9.91. The summed E-state index contributed by atoms with van der Waals surface area (Å²) < 4.78 is 0. The van der Waals surface area contributed by atoms with Gasteiger partial charge in [-0.05, 0) is 55.7 Å². The van der Waals surface area contributed by atoms with Gasteiger partial charge in [-0.25, -0.2) is 0 Å². The van der Waals surface area contributed by atoms with Crippen LogP contribution in [0.5, 0.6) is 0 Å². The van der Waals surface area contributed by atoms with Crippen LogP contribution in [0.3, 0.4) is 0 Å². The van der Waals surface area contributed by atoms with Crippen molar-refractivity contribution in [3.8, 4) is 0 Å². The Balaban J connectivity index is 1.39. The standard InChI is InChI=1S/C21H28N2O2/c24-20-8-4-13-22(20)18-11-9-16(10-12-18)15-21(25)23-14-3-7-19(23)17-5-1-2-6-17/h9-12,17,19H,1-8,13-15H2. The maximum atomic E-state index is 12.8. The number of amides is 2. The SMILES string of the molecule is O=C1CCCN1c1ccc(CC(=O)N2CCCC2C2CCCC2)cc1. The zero-order valence-corrected chi connectivity index (χ0v) is 15.0. The number of carbonyl (C=O) groups is 2. The van der Waals surface area contributed by atoms with Crippen molar-refractivity contribution in [3.63, 3.8) is 0 Å². The molecular weight excluding hydrogens is 312 g/mol. The number of benzene rings is 1. The number of hydrogen-bond donors (Lipinski definition) is 0. The predicted molar refractivity (Wildman–Crippen MR) is 98.4 cm³/mol. The van der Waals surface area contributed by atoms with Crippen LogP contribution in [0.2, 0.25) is 0 Å². The Morgan fingerprint density at radius 1 is 0.960 bits per heavy atom. The van der Waals surface area contributed by atoms with Crippen molar-refractivity contribution in [2.24, 2.45) is 5.92 Å². The van der Waals surface area contributed by atoms with Crippen molar-refractivity contribution in [1.82, 2.24) is 4.90 Å². The lowest BCUT2D eigenvalue weighted by atomic mass is 9.95. The molecule has 25 heavy (non-hydrogen) atoms. The van der Waals surface area contributed by atoms with Gasteiger partial charge in [-0.15, -0.1) is 0 Å². The fourth-order valence-electron chi connectivity index (χ4n) is 4.93. The monoisotopic (exact) mass is 340 g/mol.